The van der Waals surface area contributed by atoms with Gasteiger partial charge in [0, 0.05) is 11.9 Å². The molecular formula is C12H15N3O2. The van der Waals surface area contributed by atoms with Gasteiger partial charge in [-0.3, -0.25) is 4.98 Å². The molecule has 0 saturated carbocycles. The SMILES string of the molecule is CCC(O)Cc1nc(Cc2ccccn2)no1. The second-order valence-electron chi connectivity index (χ2n) is 3.87. The lowest BCUT2D eigenvalue weighted by atomic mass is 10.2. The number of aromatic nitrogens is 3. The molecule has 2 heterocycles. The van der Waals surface area contributed by atoms with E-state index in [0.717, 1.165) is 5.69 Å². The Morgan fingerprint density at radius 1 is 1.41 bits per heavy atom. The van der Waals surface area contributed by atoms with Gasteiger partial charge in [0.1, 0.15) is 0 Å². The summed E-state index contributed by atoms with van der Waals surface area (Å²) < 4.78 is 5.06. The van der Waals surface area contributed by atoms with Crippen molar-refractivity contribution in [3.05, 3.63) is 41.8 Å². The number of aliphatic hydroxyl groups excluding tert-OH is 1. The van der Waals surface area contributed by atoms with Crippen LogP contribution in [0, 0.1) is 0 Å². The van der Waals surface area contributed by atoms with E-state index in [-0.39, 0.29) is 0 Å². The van der Waals surface area contributed by atoms with Crippen molar-refractivity contribution < 1.29 is 9.63 Å². The van der Waals surface area contributed by atoms with Gasteiger partial charge >= 0.3 is 0 Å². The number of pyridine rings is 1. The standard InChI is InChI=1S/C12H15N3O2/c1-2-10(16)8-12-14-11(15-17-12)7-9-5-3-4-6-13-9/h3-6,10,16H,2,7-8H2,1H3. The molecule has 2 rings (SSSR count). The molecule has 17 heavy (non-hydrogen) atoms. The Labute approximate surface area is 99.5 Å². The summed E-state index contributed by atoms with van der Waals surface area (Å²) in [7, 11) is 0. The van der Waals surface area contributed by atoms with Crippen LogP contribution in [0.3, 0.4) is 0 Å². The molecule has 1 N–H and O–H groups in total. The van der Waals surface area contributed by atoms with E-state index in [1.807, 2.05) is 25.1 Å². The van der Waals surface area contributed by atoms with Crippen LogP contribution in [0.15, 0.2) is 28.9 Å². The van der Waals surface area contributed by atoms with Crippen LogP contribution in [-0.2, 0) is 12.8 Å². The second-order valence-corrected chi connectivity index (χ2v) is 3.87. The highest BCUT2D eigenvalue weighted by molar-refractivity contribution is 5.09. The van der Waals surface area contributed by atoms with Crippen molar-refractivity contribution in [3.8, 4) is 0 Å². The molecule has 0 fully saturated rings. The minimum atomic E-state index is -0.418. The van der Waals surface area contributed by atoms with E-state index in [0.29, 0.717) is 31.0 Å². The van der Waals surface area contributed by atoms with Crippen molar-refractivity contribution in [2.24, 2.45) is 0 Å². The van der Waals surface area contributed by atoms with E-state index < -0.39 is 6.10 Å². The Hall–Kier alpha value is -1.75. The predicted molar refractivity (Wildman–Crippen MR) is 61.3 cm³/mol. The van der Waals surface area contributed by atoms with Crippen LogP contribution in [0.4, 0.5) is 0 Å². The second kappa shape index (κ2) is 5.54. The van der Waals surface area contributed by atoms with Gasteiger partial charge in [-0.05, 0) is 18.6 Å². The van der Waals surface area contributed by atoms with Crippen LogP contribution in [-0.4, -0.2) is 26.3 Å². The first kappa shape index (κ1) is 11.7. The van der Waals surface area contributed by atoms with Crippen LogP contribution in [0.2, 0.25) is 0 Å². The summed E-state index contributed by atoms with van der Waals surface area (Å²) in [5.41, 5.74) is 0.899. The third-order valence-electron chi connectivity index (χ3n) is 2.46. The molecular weight excluding hydrogens is 218 g/mol. The van der Waals surface area contributed by atoms with Crippen molar-refractivity contribution in [2.75, 3.05) is 0 Å². The molecule has 2 aromatic rings. The number of aliphatic hydroxyl groups is 1. The fourth-order valence-electron chi connectivity index (χ4n) is 1.46. The molecule has 2 aromatic heterocycles. The third-order valence-corrected chi connectivity index (χ3v) is 2.46. The van der Waals surface area contributed by atoms with E-state index in [1.165, 1.54) is 0 Å². The molecule has 0 aromatic carbocycles. The van der Waals surface area contributed by atoms with Crippen LogP contribution >= 0.6 is 0 Å². The highest BCUT2D eigenvalue weighted by atomic mass is 16.5. The Balaban J connectivity index is 1.99. The first-order chi connectivity index (χ1) is 8.28. The third kappa shape index (κ3) is 3.35. The maximum absolute atomic E-state index is 9.47. The highest BCUT2D eigenvalue weighted by Gasteiger charge is 2.11. The minimum Gasteiger partial charge on any atom is -0.393 e. The Bertz CT molecular complexity index is 456. The average molecular weight is 233 g/mol. The van der Waals surface area contributed by atoms with Crippen LogP contribution < -0.4 is 0 Å². The minimum absolute atomic E-state index is 0.408. The van der Waals surface area contributed by atoms with E-state index >= 15 is 0 Å². The van der Waals surface area contributed by atoms with Gasteiger partial charge in [-0.1, -0.05) is 18.1 Å². The normalized spacial score (nSPS) is 12.6. The van der Waals surface area contributed by atoms with Crippen molar-refractivity contribution >= 4 is 0 Å². The summed E-state index contributed by atoms with van der Waals surface area (Å²) in [5, 5.41) is 13.3. The molecule has 1 atom stereocenters. The van der Waals surface area contributed by atoms with Crippen LogP contribution in [0.1, 0.15) is 30.8 Å². The zero-order chi connectivity index (χ0) is 12.1. The van der Waals surface area contributed by atoms with Crippen molar-refractivity contribution in [1.29, 1.82) is 0 Å². The van der Waals surface area contributed by atoms with Crippen LogP contribution in [0.25, 0.3) is 0 Å². The maximum Gasteiger partial charge on any atom is 0.229 e. The molecule has 5 heteroatoms. The fourth-order valence-corrected chi connectivity index (χ4v) is 1.46. The molecule has 0 aliphatic carbocycles. The molecule has 0 radical (unpaired) electrons. The van der Waals surface area contributed by atoms with E-state index in [1.54, 1.807) is 6.20 Å². The Morgan fingerprint density at radius 3 is 3.00 bits per heavy atom. The summed E-state index contributed by atoms with van der Waals surface area (Å²) in [6, 6.07) is 5.70. The van der Waals surface area contributed by atoms with Crippen molar-refractivity contribution in [3.63, 3.8) is 0 Å². The molecule has 0 saturated heterocycles. The van der Waals surface area contributed by atoms with Crippen molar-refractivity contribution in [1.82, 2.24) is 15.1 Å². The number of hydrogen-bond acceptors (Lipinski definition) is 5. The quantitative estimate of drug-likeness (QED) is 0.844. The zero-order valence-corrected chi connectivity index (χ0v) is 9.71. The summed E-state index contributed by atoms with van der Waals surface area (Å²) >= 11 is 0. The highest BCUT2D eigenvalue weighted by Crippen LogP contribution is 2.07. The summed E-state index contributed by atoms with van der Waals surface area (Å²) in [5.74, 6) is 1.08. The Morgan fingerprint density at radius 2 is 2.29 bits per heavy atom. The van der Waals surface area contributed by atoms with Gasteiger partial charge in [-0.25, -0.2) is 0 Å². The van der Waals surface area contributed by atoms with E-state index in [2.05, 4.69) is 15.1 Å². The lowest BCUT2D eigenvalue weighted by Crippen LogP contribution is -2.08. The van der Waals surface area contributed by atoms with E-state index in [4.69, 9.17) is 4.52 Å². The maximum atomic E-state index is 9.47. The molecule has 0 aliphatic rings. The van der Waals surface area contributed by atoms with Gasteiger partial charge in [-0.2, -0.15) is 4.98 Å². The molecule has 90 valence electrons. The summed E-state index contributed by atoms with van der Waals surface area (Å²) in [6.07, 6.45) is 2.95. The molecule has 5 nitrogen and oxygen atoms in total. The van der Waals surface area contributed by atoms with Gasteiger partial charge in [0.15, 0.2) is 5.82 Å². The summed E-state index contributed by atoms with van der Waals surface area (Å²) in [6.45, 7) is 1.91. The Kier molecular flexibility index (Phi) is 3.82. The first-order valence-electron chi connectivity index (χ1n) is 5.67. The van der Waals surface area contributed by atoms with Crippen molar-refractivity contribution in [2.45, 2.75) is 32.3 Å². The lowest BCUT2D eigenvalue weighted by Gasteiger charge is -2.01. The lowest BCUT2D eigenvalue weighted by molar-refractivity contribution is 0.158. The molecule has 0 amide bonds. The van der Waals surface area contributed by atoms with Gasteiger partial charge in [0.2, 0.25) is 5.89 Å². The molecule has 0 spiro atoms. The predicted octanol–water partition coefficient (Wildman–Crippen LogP) is 1.37. The molecule has 1 unspecified atom stereocenters. The fraction of sp³-hybridized carbons (Fsp3) is 0.417. The number of nitrogens with zero attached hydrogens (tertiary/aromatic N) is 3. The molecule has 0 bridgehead atoms. The largest absolute Gasteiger partial charge is 0.393 e. The first-order valence-corrected chi connectivity index (χ1v) is 5.67. The number of rotatable bonds is 5. The van der Waals surface area contributed by atoms with Gasteiger partial charge < -0.3 is 9.63 Å². The van der Waals surface area contributed by atoms with Crippen LogP contribution in [0.5, 0.6) is 0 Å². The topological polar surface area (TPSA) is 72.0 Å². The van der Waals surface area contributed by atoms with Gasteiger partial charge in [-0.15, -0.1) is 0 Å². The smallest absolute Gasteiger partial charge is 0.229 e. The number of hydrogen-bond donors (Lipinski definition) is 1. The average Bonchev–Trinajstić information content (AvgIpc) is 2.77. The summed E-state index contributed by atoms with van der Waals surface area (Å²) in [4.78, 5) is 8.41. The van der Waals surface area contributed by atoms with E-state index in [9.17, 15) is 5.11 Å². The van der Waals surface area contributed by atoms with Gasteiger partial charge in [0.25, 0.3) is 0 Å². The molecule has 0 aliphatic heterocycles. The van der Waals surface area contributed by atoms with Gasteiger partial charge in [0.05, 0.1) is 18.9 Å². The monoisotopic (exact) mass is 233 g/mol. The zero-order valence-electron chi connectivity index (χ0n) is 9.71.